The highest BCUT2D eigenvalue weighted by Gasteiger charge is 2.32. The third kappa shape index (κ3) is 3.41. The van der Waals surface area contributed by atoms with Gasteiger partial charge in [-0.1, -0.05) is 18.5 Å². The van der Waals surface area contributed by atoms with Crippen LogP contribution >= 0.6 is 11.6 Å². The first-order valence-corrected chi connectivity index (χ1v) is 7.16. The molecule has 1 aliphatic rings. The summed E-state index contributed by atoms with van der Waals surface area (Å²) < 4.78 is 5.78. The van der Waals surface area contributed by atoms with E-state index in [9.17, 15) is 10.1 Å². The van der Waals surface area contributed by atoms with Gasteiger partial charge in [-0.3, -0.25) is 10.1 Å². The molecule has 1 fully saturated rings. The fourth-order valence-corrected chi connectivity index (χ4v) is 2.66. The minimum absolute atomic E-state index is 0.0159. The highest BCUT2D eigenvalue weighted by molar-refractivity contribution is 6.30. The quantitative estimate of drug-likeness (QED) is 0.674. The summed E-state index contributed by atoms with van der Waals surface area (Å²) in [5.41, 5.74) is 0.379. The molecule has 0 aromatic heterocycles. The van der Waals surface area contributed by atoms with Crippen molar-refractivity contribution in [1.29, 1.82) is 0 Å². The summed E-state index contributed by atoms with van der Waals surface area (Å²) in [5, 5.41) is 14.7. The normalized spacial score (nSPS) is 26.2. The van der Waals surface area contributed by atoms with Gasteiger partial charge in [-0.15, -0.1) is 0 Å². The van der Waals surface area contributed by atoms with E-state index in [0.717, 1.165) is 19.3 Å². The summed E-state index contributed by atoms with van der Waals surface area (Å²) in [6.45, 7) is 4.84. The highest BCUT2D eigenvalue weighted by Crippen LogP contribution is 2.33. The molecule has 1 aliphatic heterocycles. The molecule has 1 aromatic carbocycles. The lowest BCUT2D eigenvalue weighted by Crippen LogP contribution is -2.41. The van der Waals surface area contributed by atoms with Crippen molar-refractivity contribution in [2.75, 3.05) is 11.9 Å². The van der Waals surface area contributed by atoms with E-state index in [1.807, 2.05) is 0 Å². The van der Waals surface area contributed by atoms with E-state index in [1.165, 1.54) is 6.07 Å². The molecule has 1 saturated heterocycles. The Bertz CT molecular complexity index is 509. The molecular weight excluding hydrogens is 280 g/mol. The van der Waals surface area contributed by atoms with Crippen molar-refractivity contribution in [1.82, 2.24) is 0 Å². The number of ether oxygens (including phenoxy) is 1. The van der Waals surface area contributed by atoms with E-state index >= 15 is 0 Å². The molecule has 1 N–H and O–H groups in total. The Morgan fingerprint density at radius 2 is 2.35 bits per heavy atom. The summed E-state index contributed by atoms with van der Waals surface area (Å²) in [4.78, 5) is 10.7. The highest BCUT2D eigenvalue weighted by atomic mass is 35.5. The average molecular weight is 299 g/mol. The van der Waals surface area contributed by atoms with Gasteiger partial charge in [-0.05, 0) is 38.3 Å². The Labute approximate surface area is 123 Å². The predicted octanol–water partition coefficient (Wildman–Crippen LogP) is 4.01. The second-order valence-corrected chi connectivity index (χ2v) is 5.84. The number of nitro benzene ring substituents is 1. The Morgan fingerprint density at radius 1 is 1.60 bits per heavy atom. The van der Waals surface area contributed by atoms with Gasteiger partial charge in [0.05, 0.1) is 10.5 Å². The summed E-state index contributed by atoms with van der Waals surface area (Å²) in [6, 6.07) is 4.88. The van der Waals surface area contributed by atoms with Crippen LogP contribution < -0.4 is 5.32 Å². The third-order valence-corrected chi connectivity index (χ3v) is 4.09. The molecular formula is C14H19ClN2O3. The zero-order valence-electron chi connectivity index (χ0n) is 11.7. The van der Waals surface area contributed by atoms with Crippen molar-refractivity contribution in [2.45, 2.75) is 44.8 Å². The fraction of sp³-hybridized carbons (Fsp3) is 0.571. The first kappa shape index (κ1) is 15.1. The first-order valence-electron chi connectivity index (χ1n) is 6.78. The minimum Gasteiger partial charge on any atom is -0.377 e. The Balaban J connectivity index is 2.16. The van der Waals surface area contributed by atoms with Crippen LogP contribution in [0.2, 0.25) is 5.02 Å². The number of nitrogens with one attached hydrogen (secondary N) is 1. The summed E-state index contributed by atoms with van der Waals surface area (Å²) in [7, 11) is 0. The van der Waals surface area contributed by atoms with Gasteiger partial charge in [-0.2, -0.15) is 0 Å². The molecule has 2 atom stereocenters. The summed E-state index contributed by atoms with van der Waals surface area (Å²) in [5.74, 6) is 0. The fourth-order valence-electron chi connectivity index (χ4n) is 2.50. The van der Waals surface area contributed by atoms with E-state index < -0.39 is 4.92 Å². The van der Waals surface area contributed by atoms with Crippen LogP contribution in [-0.2, 0) is 4.74 Å². The smallest absolute Gasteiger partial charge is 0.293 e. The van der Waals surface area contributed by atoms with Gasteiger partial charge in [0.1, 0.15) is 5.69 Å². The standard InChI is InChI=1S/C14H19ClN2O3/c1-3-14(2)9-11(6-7-20-14)16-12-5-4-10(15)8-13(12)17(18)19/h4-5,8,11,16H,3,6-7,9H2,1-2H3. The van der Waals surface area contributed by atoms with Crippen LogP contribution in [-0.4, -0.2) is 23.2 Å². The topological polar surface area (TPSA) is 64.4 Å². The monoisotopic (exact) mass is 298 g/mol. The third-order valence-electron chi connectivity index (χ3n) is 3.86. The van der Waals surface area contributed by atoms with Crippen molar-refractivity contribution in [2.24, 2.45) is 0 Å². The molecule has 6 heteroatoms. The Hall–Kier alpha value is -1.33. The lowest BCUT2D eigenvalue weighted by atomic mass is 9.90. The van der Waals surface area contributed by atoms with Gasteiger partial charge in [-0.25, -0.2) is 0 Å². The number of anilines is 1. The molecule has 1 heterocycles. The number of hydrogen-bond donors (Lipinski definition) is 1. The maximum Gasteiger partial charge on any atom is 0.293 e. The Morgan fingerprint density at radius 3 is 3.00 bits per heavy atom. The lowest BCUT2D eigenvalue weighted by Gasteiger charge is -2.38. The van der Waals surface area contributed by atoms with Crippen molar-refractivity contribution in [3.8, 4) is 0 Å². The second-order valence-electron chi connectivity index (χ2n) is 5.40. The first-order chi connectivity index (χ1) is 9.43. The maximum absolute atomic E-state index is 11.1. The number of nitrogens with zero attached hydrogens (tertiary/aromatic N) is 1. The molecule has 5 nitrogen and oxygen atoms in total. The molecule has 110 valence electrons. The number of nitro groups is 1. The van der Waals surface area contributed by atoms with Crippen molar-refractivity contribution < 1.29 is 9.66 Å². The lowest BCUT2D eigenvalue weighted by molar-refractivity contribution is -0.384. The van der Waals surface area contributed by atoms with Crippen LogP contribution in [0.25, 0.3) is 0 Å². The van der Waals surface area contributed by atoms with Crippen LogP contribution in [0.1, 0.15) is 33.1 Å². The number of benzene rings is 1. The minimum atomic E-state index is -0.410. The van der Waals surface area contributed by atoms with Crippen LogP contribution in [0.4, 0.5) is 11.4 Å². The zero-order valence-corrected chi connectivity index (χ0v) is 12.4. The van der Waals surface area contributed by atoms with Gasteiger partial charge in [0, 0.05) is 23.7 Å². The van der Waals surface area contributed by atoms with Gasteiger partial charge in [0.15, 0.2) is 0 Å². The molecule has 0 aliphatic carbocycles. The van der Waals surface area contributed by atoms with Crippen molar-refractivity contribution in [3.05, 3.63) is 33.3 Å². The van der Waals surface area contributed by atoms with E-state index in [1.54, 1.807) is 12.1 Å². The molecule has 2 rings (SSSR count). The van der Waals surface area contributed by atoms with Crippen LogP contribution in [0.15, 0.2) is 18.2 Å². The van der Waals surface area contributed by atoms with Gasteiger partial charge in [0.25, 0.3) is 5.69 Å². The van der Waals surface area contributed by atoms with Crippen LogP contribution in [0, 0.1) is 10.1 Å². The summed E-state index contributed by atoms with van der Waals surface area (Å²) in [6.07, 6.45) is 2.60. The van der Waals surface area contributed by atoms with Crippen LogP contribution in [0.5, 0.6) is 0 Å². The van der Waals surface area contributed by atoms with Crippen LogP contribution in [0.3, 0.4) is 0 Å². The van der Waals surface area contributed by atoms with Gasteiger partial charge >= 0.3 is 0 Å². The van der Waals surface area contributed by atoms with E-state index in [2.05, 4.69) is 19.2 Å². The average Bonchev–Trinajstić information content (AvgIpc) is 2.41. The van der Waals surface area contributed by atoms with Gasteiger partial charge in [0.2, 0.25) is 0 Å². The largest absolute Gasteiger partial charge is 0.377 e. The maximum atomic E-state index is 11.1. The number of rotatable bonds is 4. The van der Waals surface area contributed by atoms with Crippen molar-refractivity contribution >= 4 is 23.0 Å². The second kappa shape index (κ2) is 5.97. The van der Waals surface area contributed by atoms with E-state index in [4.69, 9.17) is 16.3 Å². The SMILES string of the molecule is CCC1(C)CC(Nc2ccc(Cl)cc2[N+](=O)[O-])CCO1. The van der Waals surface area contributed by atoms with E-state index in [-0.39, 0.29) is 17.3 Å². The van der Waals surface area contributed by atoms with E-state index in [0.29, 0.717) is 17.3 Å². The van der Waals surface area contributed by atoms with Crippen molar-refractivity contribution in [3.63, 3.8) is 0 Å². The molecule has 2 unspecified atom stereocenters. The molecule has 0 bridgehead atoms. The summed E-state index contributed by atoms with van der Waals surface area (Å²) >= 11 is 5.82. The molecule has 0 amide bonds. The molecule has 0 radical (unpaired) electrons. The molecule has 0 spiro atoms. The predicted molar refractivity (Wildman–Crippen MR) is 79.4 cm³/mol. The Kier molecular flexibility index (Phi) is 4.50. The van der Waals surface area contributed by atoms with Gasteiger partial charge < -0.3 is 10.1 Å². The zero-order chi connectivity index (χ0) is 14.8. The number of halogens is 1. The molecule has 0 saturated carbocycles. The number of hydrogen-bond acceptors (Lipinski definition) is 4. The molecule has 20 heavy (non-hydrogen) atoms. The molecule has 1 aromatic rings.